The molecule has 0 atom stereocenters. The number of amides is 16. The molecule has 0 radical (unpaired) electrons. The van der Waals surface area contributed by atoms with E-state index in [-0.39, 0.29) is 127 Å². The summed E-state index contributed by atoms with van der Waals surface area (Å²) >= 11 is 0. The Balaban J connectivity index is 0.735. The van der Waals surface area contributed by atoms with Crippen LogP contribution in [0.15, 0.2) is 24.3 Å². The summed E-state index contributed by atoms with van der Waals surface area (Å²) in [5.74, 6) is -1.13. The van der Waals surface area contributed by atoms with Crippen molar-refractivity contribution in [1.29, 1.82) is 0 Å². The van der Waals surface area contributed by atoms with Crippen molar-refractivity contribution < 1.29 is 109 Å². The fraction of sp³-hybridized carbons (Fsp3) is 0.655. The standard InChI is InChI=1S/C58H76N16O24S4/c1-55-57(3)71-31-63-45-43-59(47(63)75)29-61-44-46-65(49(61)77)33-73-53(81)69-27-37-38(42(98-20-8-12-24-102(92,93)94)16-15-41(37)97-19-7-11-23-101(89,90)91)28-70-54(82)74(58(73,4)56(69,70)2)34-66(46)50(78)62(44)30-60(43)48(76)64(45)32-72(57)52(80)68(55)26-36-35(25-67(55)51(71)79)39(95-17-5-9-21-99(83,84)85)13-14-40(36)96-18-6-10-22-100(86,87)88/h13-16,43-46H,5-12,17-34H2,1-4H3,(H,83,84,85)(H,86,87,88)(H,89,90,91)(H,92,93,94). The van der Waals surface area contributed by atoms with Gasteiger partial charge in [-0.25, -0.2) is 38.4 Å². The average molecular weight is 1510 g/mol. The highest BCUT2D eigenvalue weighted by atomic mass is 32.2. The molecule has 16 amide bonds. The molecular weight excluding hydrogens is 1430 g/mol. The maximum absolute atomic E-state index is 15.7. The van der Waals surface area contributed by atoms with Crippen molar-refractivity contribution in [1.82, 2.24) is 78.4 Å². The summed E-state index contributed by atoms with van der Waals surface area (Å²) in [5, 5.41) is 0. The van der Waals surface area contributed by atoms with Gasteiger partial charge in [-0.15, -0.1) is 0 Å². The lowest BCUT2D eigenvalue weighted by molar-refractivity contribution is -0.0871. The summed E-state index contributed by atoms with van der Waals surface area (Å²) in [5.41, 5.74) is -5.06. The molecule has 0 aromatic heterocycles. The molecule has 2 aromatic rings. The topological polar surface area (TPSA) is 443 Å². The molecule has 0 bridgehead atoms. The minimum Gasteiger partial charge on any atom is -0.493 e. The molecule has 556 valence electrons. The van der Waals surface area contributed by atoms with Crippen molar-refractivity contribution in [3.8, 4) is 23.0 Å². The molecular formula is C58H76N16O24S4. The predicted octanol–water partition coefficient (Wildman–Crippen LogP) is 1.46. The first-order valence-corrected chi connectivity index (χ1v) is 39.7. The molecule has 4 N–H and O–H groups in total. The third-order valence-corrected chi connectivity index (χ3v) is 26.1. The Bertz CT molecular complexity index is 3950. The van der Waals surface area contributed by atoms with E-state index in [1.807, 2.05) is 0 Å². The van der Waals surface area contributed by atoms with E-state index in [1.165, 1.54) is 78.4 Å². The van der Waals surface area contributed by atoms with E-state index in [0.717, 1.165) is 0 Å². The first kappa shape index (κ1) is 69.2. The summed E-state index contributed by atoms with van der Waals surface area (Å²) < 4.78 is 155. The number of ether oxygens (including phenoxy) is 4. The summed E-state index contributed by atoms with van der Waals surface area (Å²) in [6.07, 6.45) is -4.21. The van der Waals surface area contributed by atoms with E-state index < -0.39 is 199 Å². The molecule has 15 rings (SSSR count). The van der Waals surface area contributed by atoms with Crippen LogP contribution >= 0.6 is 0 Å². The van der Waals surface area contributed by atoms with Crippen LogP contribution in [0.3, 0.4) is 0 Å². The molecule has 40 nitrogen and oxygen atoms in total. The van der Waals surface area contributed by atoms with Gasteiger partial charge in [-0.3, -0.25) is 96.6 Å². The van der Waals surface area contributed by atoms with Gasteiger partial charge in [-0.2, -0.15) is 33.7 Å². The minimum atomic E-state index is -4.28. The SMILES string of the molecule is CC12N3Cc4c(OCCCCS(=O)(=O)O)ccc(OCCCCS(=O)(=O)O)c4CN1C(=O)N1CN4C(=O)N5CN6C(=O)N7CN8C(=O)N9Cc%10c(OCCCCS(=O)(=O)O)ccc(OCCCCS(=O)(=O)O)c%10CN%10C(=O)N(CN%11C(=O)N(CN%12C(=O)N(CN(C3=O)C12C)C4C%125)C6C%117)C8(C)C%109C. The highest BCUT2D eigenvalue weighted by molar-refractivity contribution is 7.86. The predicted molar refractivity (Wildman–Crippen MR) is 343 cm³/mol. The molecule has 0 unspecified atom stereocenters. The molecule has 44 heteroatoms. The average Bonchev–Trinajstić information content (AvgIpc) is 1.49. The van der Waals surface area contributed by atoms with E-state index in [0.29, 0.717) is 22.3 Å². The van der Waals surface area contributed by atoms with Gasteiger partial charge in [0.25, 0.3) is 40.5 Å². The third-order valence-electron chi connectivity index (χ3n) is 22.9. The van der Waals surface area contributed by atoms with E-state index in [4.69, 9.17) is 18.9 Å². The fourth-order valence-corrected chi connectivity index (χ4v) is 19.7. The zero-order chi connectivity index (χ0) is 72.8. The number of nitrogens with zero attached hydrogens (tertiary/aromatic N) is 16. The third kappa shape index (κ3) is 10.2. The zero-order valence-corrected chi connectivity index (χ0v) is 59.0. The van der Waals surface area contributed by atoms with Crippen molar-refractivity contribution in [2.45, 2.75) is 153 Å². The summed E-state index contributed by atoms with van der Waals surface area (Å²) in [7, 11) is -17.1. The van der Waals surface area contributed by atoms with Gasteiger partial charge in [-0.1, -0.05) is 0 Å². The Kier molecular flexibility index (Phi) is 15.9. The second kappa shape index (κ2) is 23.5. The molecule has 11 fully saturated rings. The highest BCUT2D eigenvalue weighted by Crippen LogP contribution is 2.60. The second-order valence-electron chi connectivity index (χ2n) is 28.1. The van der Waals surface area contributed by atoms with Crippen LogP contribution in [-0.2, 0) is 66.7 Å². The van der Waals surface area contributed by atoms with Crippen LogP contribution in [0.4, 0.5) is 38.4 Å². The molecule has 102 heavy (non-hydrogen) atoms. The van der Waals surface area contributed by atoms with E-state index in [2.05, 4.69) is 0 Å². The summed E-state index contributed by atoms with van der Waals surface area (Å²) in [4.78, 5) is 147. The van der Waals surface area contributed by atoms with E-state index in [9.17, 15) is 51.9 Å². The molecule has 0 aliphatic carbocycles. The number of rotatable bonds is 24. The minimum absolute atomic E-state index is 0.0405. The quantitative estimate of drug-likeness (QED) is 0.0853. The normalized spacial score (nSPS) is 28.9. The summed E-state index contributed by atoms with van der Waals surface area (Å²) in [6.45, 7) is 2.32. The van der Waals surface area contributed by atoms with E-state index in [1.54, 1.807) is 52.0 Å². The molecule has 13 aliphatic rings. The number of urea groups is 8. The molecule has 0 spiro atoms. The van der Waals surface area contributed by atoms with Crippen molar-refractivity contribution in [3.63, 3.8) is 0 Å². The van der Waals surface area contributed by atoms with Gasteiger partial charge in [0.15, 0.2) is 47.3 Å². The van der Waals surface area contributed by atoms with Gasteiger partial charge < -0.3 is 18.9 Å². The summed E-state index contributed by atoms with van der Waals surface area (Å²) in [6, 6.07) is 0.751. The monoisotopic (exact) mass is 1510 g/mol. The van der Waals surface area contributed by atoms with Gasteiger partial charge in [0.1, 0.15) is 63.0 Å². The number of hydrogen-bond acceptors (Lipinski definition) is 20. The molecule has 2 aromatic carbocycles. The van der Waals surface area contributed by atoms with E-state index >= 15 is 38.4 Å². The maximum atomic E-state index is 15.7. The molecule has 13 aliphatic heterocycles. The number of benzene rings is 2. The fourth-order valence-electron chi connectivity index (χ4n) is 17.4. The van der Waals surface area contributed by atoms with Crippen LogP contribution in [0, 0.1) is 0 Å². The van der Waals surface area contributed by atoms with Crippen LogP contribution in [0.5, 0.6) is 23.0 Å². The van der Waals surface area contributed by atoms with Crippen LogP contribution < -0.4 is 18.9 Å². The number of carbonyl (C=O) groups excluding carboxylic acids is 8. The van der Waals surface area contributed by atoms with Crippen LogP contribution in [0.2, 0.25) is 0 Å². The molecule has 13 heterocycles. The highest BCUT2D eigenvalue weighted by Gasteiger charge is 2.80. The van der Waals surface area contributed by atoms with Crippen molar-refractivity contribution in [2.75, 3.05) is 89.5 Å². The Morgan fingerprint density at radius 3 is 0.686 bits per heavy atom. The van der Waals surface area contributed by atoms with Crippen molar-refractivity contribution in [2.24, 2.45) is 0 Å². The van der Waals surface area contributed by atoms with Crippen molar-refractivity contribution in [3.05, 3.63) is 46.5 Å². The van der Waals surface area contributed by atoms with Gasteiger partial charge in [-0.05, 0) is 103 Å². The van der Waals surface area contributed by atoms with Crippen LogP contribution in [0.1, 0.15) is 101 Å². The lowest BCUT2D eigenvalue weighted by Crippen LogP contribution is -2.69. The lowest BCUT2D eigenvalue weighted by Gasteiger charge is -2.49. The van der Waals surface area contributed by atoms with Gasteiger partial charge in [0, 0.05) is 22.3 Å². The number of hydrogen-bond donors (Lipinski definition) is 4. The number of fused-ring (bicyclic) bond motifs is 2. The van der Waals surface area contributed by atoms with Gasteiger partial charge in [0.05, 0.1) is 75.6 Å². The number of carbonyl (C=O) groups is 8. The first-order chi connectivity index (χ1) is 47.9. The Hall–Kier alpha value is -8.56. The largest absolute Gasteiger partial charge is 0.493 e. The first-order valence-electron chi connectivity index (χ1n) is 33.2. The van der Waals surface area contributed by atoms with Crippen molar-refractivity contribution >= 4 is 88.7 Å². The Labute approximate surface area is 585 Å². The Morgan fingerprint density at radius 1 is 0.304 bits per heavy atom. The zero-order valence-electron chi connectivity index (χ0n) is 55.7. The van der Waals surface area contributed by atoms with Gasteiger partial charge in [0.2, 0.25) is 0 Å². The van der Waals surface area contributed by atoms with Crippen LogP contribution in [-0.4, -0.2) is 315 Å². The molecule has 0 saturated carbocycles. The smallest absolute Gasteiger partial charge is 0.326 e. The second-order valence-corrected chi connectivity index (χ2v) is 34.4. The number of unbranched alkanes of at least 4 members (excludes halogenated alkanes) is 4. The van der Waals surface area contributed by atoms with Crippen LogP contribution in [0.25, 0.3) is 0 Å². The Morgan fingerprint density at radius 2 is 0.490 bits per heavy atom. The molecule has 11 saturated heterocycles. The lowest BCUT2D eigenvalue weighted by atomic mass is 9.95. The van der Waals surface area contributed by atoms with Gasteiger partial charge >= 0.3 is 48.2 Å². The maximum Gasteiger partial charge on any atom is 0.326 e.